The van der Waals surface area contributed by atoms with Gasteiger partial charge in [0.2, 0.25) is 0 Å². The molecule has 8 nitrogen and oxygen atoms in total. The maximum Gasteiger partial charge on any atom is 0.306 e. The first-order valence-electron chi connectivity index (χ1n) is 26.5. The molecule has 0 spiro atoms. The molecular weight excluding hydrogens is 818 g/mol. The van der Waals surface area contributed by atoms with Crippen molar-refractivity contribution in [3.63, 3.8) is 0 Å². The third kappa shape index (κ3) is 51.2. The van der Waals surface area contributed by atoms with Crippen molar-refractivity contribution in [3.05, 3.63) is 60.8 Å². The minimum Gasteiger partial charge on any atom is -0.756 e. The average Bonchev–Trinajstić information content (AvgIpc) is 3.25. The van der Waals surface area contributed by atoms with Crippen molar-refractivity contribution in [2.75, 3.05) is 54.1 Å². The zero-order chi connectivity index (χ0) is 46.9. The highest BCUT2D eigenvalue weighted by Crippen LogP contribution is 2.38. The van der Waals surface area contributed by atoms with Gasteiger partial charge in [0.15, 0.2) is 0 Å². The number of hydrogen-bond acceptors (Lipinski definition) is 7. The van der Waals surface area contributed by atoms with E-state index in [-0.39, 0.29) is 25.8 Å². The number of quaternary nitrogens is 1. The van der Waals surface area contributed by atoms with Crippen LogP contribution in [-0.4, -0.2) is 70.7 Å². The lowest BCUT2D eigenvalue weighted by Gasteiger charge is -2.28. The van der Waals surface area contributed by atoms with Gasteiger partial charge in [0.1, 0.15) is 19.3 Å². The van der Waals surface area contributed by atoms with Crippen LogP contribution in [0.5, 0.6) is 0 Å². The molecule has 0 rings (SSSR count). The molecule has 9 heteroatoms. The van der Waals surface area contributed by atoms with E-state index in [0.29, 0.717) is 24.1 Å². The Morgan fingerprint density at radius 2 is 0.906 bits per heavy atom. The molecule has 64 heavy (non-hydrogen) atoms. The molecule has 0 radical (unpaired) electrons. The Bertz CT molecular complexity index is 1210. The fourth-order valence-electron chi connectivity index (χ4n) is 7.24. The predicted octanol–water partition coefficient (Wildman–Crippen LogP) is 15.8. The number of nitrogens with zero attached hydrogens (tertiary/aromatic N) is 1. The molecule has 0 heterocycles. The molecule has 374 valence electrons. The van der Waals surface area contributed by atoms with Gasteiger partial charge < -0.3 is 27.9 Å². The summed E-state index contributed by atoms with van der Waals surface area (Å²) >= 11 is 0. The minimum atomic E-state index is -4.53. The fraction of sp³-hybridized carbons (Fsp3) is 0.800. The molecule has 0 N–H and O–H groups in total. The second-order valence-corrected chi connectivity index (χ2v) is 20.3. The molecule has 2 unspecified atom stereocenters. The number of esters is 1. The van der Waals surface area contributed by atoms with E-state index < -0.39 is 13.9 Å². The smallest absolute Gasteiger partial charge is 0.306 e. The van der Waals surface area contributed by atoms with Crippen LogP contribution in [0.3, 0.4) is 0 Å². The van der Waals surface area contributed by atoms with Gasteiger partial charge in [0, 0.05) is 13.0 Å². The van der Waals surface area contributed by atoms with Crippen molar-refractivity contribution in [1.82, 2.24) is 0 Å². The Morgan fingerprint density at radius 1 is 0.500 bits per heavy atom. The van der Waals surface area contributed by atoms with Crippen molar-refractivity contribution in [2.24, 2.45) is 0 Å². The van der Waals surface area contributed by atoms with Crippen LogP contribution in [0.2, 0.25) is 0 Å². The predicted molar refractivity (Wildman–Crippen MR) is 273 cm³/mol. The number of rotatable bonds is 49. The molecule has 0 aliphatic rings. The number of likely N-dealkylation sites (N-methyl/N-ethyl adjacent to an activating group) is 1. The van der Waals surface area contributed by atoms with Gasteiger partial charge in [-0.3, -0.25) is 9.36 Å². The number of phosphoric ester groups is 1. The van der Waals surface area contributed by atoms with Crippen molar-refractivity contribution >= 4 is 13.8 Å². The minimum absolute atomic E-state index is 0.0232. The van der Waals surface area contributed by atoms with Gasteiger partial charge in [-0.15, -0.1) is 0 Å². The molecule has 0 aromatic heterocycles. The maximum absolute atomic E-state index is 12.7. The molecule has 0 aliphatic carbocycles. The number of carbonyl (C=O) groups excluding carboxylic acids is 1. The highest BCUT2D eigenvalue weighted by Gasteiger charge is 2.20. The molecule has 0 fully saturated rings. The zero-order valence-corrected chi connectivity index (χ0v) is 43.4. The molecular formula is C55H102NO7P. The molecule has 0 saturated heterocycles. The quantitative estimate of drug-likeness (QED) is 0.0197. The Hall–Kier alpha value is -1.80. The Balaban J connectivity index is 4.09. The topological polar surface area (TPSA) is 94.1 Å². The van der Waals surface area contributed by atoms with Crippen LogP contribution in [0, 0.1) is 0 Å². The lowest BCUT2D eigenvalue weighted by atomic mass is 10.0. The SMILES string of the molecule is CC/C=C\C/C=C\C/C=C\C/C=C\CCCCCCCCCCCCCCCOCC(COP(=O)([O-])OCC[N+](C)(C)C)OC(=O)CCCCCCC/C=C\CCCCCCCCC. The summed E-state index contributed by atoms with van der Waals surface area (Å²) in [6.45, 7) is 5.30. The highest BCUT2D eigenvalue weighted by atomic mass is 31.2. The van der Waals surface area contributed by atoms with Gasteiger partial charge in [0.25, 0.3) is 7.82 Å². The molecule has 0 aliphatic heterocycles. The number of carbonyl (C=O) groups is 1. The van der Waals surface area contributed by atoms with Crippen LogP contribution in [-0.2, 0) is 27.9 Å². The van der Waals surface area contributed by atoms with Gasteiger partial charge in [-0.05, 0) is 77.0 Å². The van der Waals surface area contributed by atoms with Crippen LogP contribution >= 0.6 is 7.82 Å². The first kappa shape index (κ1) is 62.2. The first-order chi connectivity index (χ1) is 31.1. The van der Waals surface area contributed by atoms with Crippen molar-refractivity contribution in [2.45, 2.75) is 232 Å². The van der Waals surface area contributed by atoms with Gasteiger partial charge >= 0.3 is 5.97 Å². The third-order valence-electron chi connectivity index (χ3n) is 11.3. The van der Waals surface area contributed by atoms with E-state index in [0.717, 1.165) is 70.6 Å². The highest BCUT2D eigenvalue weighted by molar-refractivity contribution is 7.45. The summed E-state index contributed by atoms with van der Waals surface area (Å²) in [5, 5.41) is 0. The Kier molecular flexibility index (Phi) is 46.3. The van der Waals surface area contributed by atoms with E-state index in [9.17, 15) is 14.3 Å². The van der Waals surface area contributed by atoms with E-state index in [1.807, 2.05) is 21.1 Å². The second kappa shape index (κ2) is 47.7. The molecule has 0 aromatic carbocycles. The number of unbranched alkanes of at least 4 members (excludes halogenated alkanes) is 25. The van der Waals surface area contributed by atoms with E-state index in [1.165, 1.54) is 135 Å². The van der Waals surface area contributed by atoms with Gasteiger partial charge in [-0.25, -0.2) is 0 Å². The summed E-state index contributed by atoms with van der Waals surface area (Å²) in [5.41, 5.74) is 0. The third-order valence-corrected chi connectivity index (χ3v) is 12.3. The Morgan fingerprint density at radius 3 is 1.38 bits per heavy atom. The normalized spacial score (nSPS) is 14.0. The molecule has 0 aromatic rings. The zero-order valence-electron chi connectivity index (χ0n) is 42.5. The van der Waals surface area contributed by atoms with Crippen LogP contribution in [0.15, 0.2) is 60.8 Å². The number of allylic oxidation sites excluding steroid dienone is 10. The second-order valence-electron chi connectivity index (χ2n) is 18.9. The molecule has 0 amide bonds. The number of ether oxygens (including phenoxy) is 2. The van der Waals surface area contributed by atoms with Crippen LogP contribution < -0.4 is 4.89 Å². The summed E-state index contributed by atoms with van der Waals surface area (Å²) in [6.07, 6.45) is 61.1. The van der Waals surface area contributed by atoms with E-state index >= 15 is 0 Å². The summed E-state index contributed by atoms with van der Waals surface area (Å²) in [4.78, 5) is 25.2. The van der Waals surface area contributed by atoms with Crippen LogP contribution in [0.25, 0.3) is 0 Å². The van der Waals surface area contributed by atoms with Crippen molar-refractivity contribution in [3.8, 4) is 0 Å². The molecule has 0 saturated carbocycles. The standard InChI is InChI=1S/C55H102NO7P/c1-6-8-10-12-14-16-18-20-22-24-25-26-27-28-29-30-31-32-33-35-37-39-41-43-45-47-50-60-52-54(53-62-64(58,59)61-51-49-56(3,4)5)63-55(57)48-46-44-42-40-38-36-34-23-21-19-17-15-13-11-9-7-2/h8,10,14,16,20,22-23,25-26,34,54H,6-7,9,11-13,15,17-19,21,24,27-33,35-53H2,1-5H3/b10-8-,16-14-,22-20-,26-25-,34-23-. The first-order valence-corrected chi connectivity index (χ1v) is 28.0. The summed E-state index contributed by atoms with van der Waals surface area (Å²) in [7, 11) is 1.35. The lowest BCUT2D eigenvalue weighted by molar-refractivity contribution is -0.870. The molecule has 0 bridgehead atoms. The van der Waals surface area contributed by atoms with Crippen molar-refractivity contribution in [1.29, 1.82) is 0 Å². The van der Waals surface area contributed by atoms with Gasteiger partial charge in [0.05, 0.1) is 34.4 Å². The lowest BCUT2D eigenvalue weighted by Crippen LogP contribution is -2.37. The van der Waals surface area contributed by atoms with E-state index in [4.69, 9.17) is 18.5 Å². The number of hydrogen-bond donors (Lipinski definition) is 0. The average molecular weight is 920 g/mol. The van der Waals surface area contributed by atoms with E-state index in [1.54, 1.807) is 0 Å². The fourth-order valence-corrected chi connectivity index (χ4v) is 7.97. The van der Waals surface area contributed by atoms with Crippen LogP contribution in [0.4, 0.5) is 0 Å². The van der Waals surface area contributed by atoms with Crippen molar-refractivity contribution < 1.29 is 37.3 Å². The van der Waals surface area contributed by atoms with Crippen LogP contribution in [0.1, 0.15) is 226 Å². The molecule has 2 atom stereocenters. The summed E-state index contributed by atoms with van der Waals surface area (Å²) in [5.74, 6) is -0.342. The monoisotopic (exact) mass is 920 g/mol. The summed E-state index contributed by atoms with van der Waals surface area (Å²) in [6, 6.07) is 0. The summed E-state index contributed by atoms with van der Waals surface area (Å²) < 4.78 is 34.8. The number of phosphoric acid groups is 1. The van der Waals surface area contributed by atoms with E-state index in [2.05, 4.69) is 74.6 Å². The van der Waals surface area contributed by atoms with Gasteiger partial charge in [-0.2, -0.15) is 0 Å². The maximum atomic E-state index is 12.7. The van der Waals surface area contributed by atoms with Gasteiger partial charge in [-0.1, -0.05) is 203 Å². The Labute approximate surface area is 396 Å². The largest absolute Gasteiger partial charge is 0.756 e.